The molecule has 0 radical (unpaired) electrons. The maximum absolute atomic E-state index is 12.5. The van der Waals surface area contributed by atoms with Gasteiger partial charge in [0, 0.05) is 0 Å². The highest BCUT2D eigenvalue weighted by atomic mass is 16.5. The number of hydrogen-bond acceptors (Lipinski definition) is 4. The third-order valence-corrected chi connectivity index (χ3v) is 4.17. The van der Waals surface area contributed by atoms with Crippen molar-refractivity contribution >= 4 is 5.91 Å². The molecule has 1 unspecified atom stereocenters. The van der Waals surface area contributed by atoms with Gasteiger partial charge in [-0.25, -0.2) is 0 Å². The smallest absolute Gasteiger partial charge is 0.287 e. The van der Waals surface area contributed by atoms with E-state index >= 15 is 0 Å². The van der Waals surface area contributed by atoms with Crippen LogP contribution in [0.2, 0.25) is 0 Å². The topological polar surface area (TPSA) is 60.7 Å². The average molecular weight is 351 g/mol. The molecule has 1 amide bonds. The number of nitrogens with one attached hydrogen (secondary N) is 1. The Hall–Kier alpha value is -3.21. The molecule has 3 aromatic rings. The normalized spacial score (nSPS) is 11.6. The average Bonchev–Trinajstić information content (AvgIpc) is 3.23. The van der Waals surface area contributed by atoms with Crippen LogP contribution in [0.3, 0.4) is 0 Å². The Bertz CT molecular complexity index is 823. The van der Waals surface area contributed by atoms with Gasteiger partial charge in [-0.2, -0.15) is 0 Å². The van der Waals surface area contributed by atoms with Crippen molar-refractivity contribution in [2.75, 3.05) is 14.2 Å². The standard InChI is InChI=1S/C21H21NO4/c1-24-17-9-5-15(6-10-17)14-19(16-7-11-18(25-2)12-8-16)22-21(23)20-4-3-13-26-20/h3-13,19H,14H2,1-2H3,(H,22,23). The van der Waals surface area contributed by atoms with Crippen LogP contribution in [0.4, 0.5) is 0 Å². The third kappa shape index (κ3) is 4.25. The SMILES string of the molecule is COc1ccc(CC(NC(=O)c2ccco2)c2ccc(OC)cc2)cc1. The second kappa shape index (κ2) is 8.25. The maximum Gasteiger partial charge on any atom is 0.287 e. The predicted octanol–water partition coefficient (Wildman–Crippen LogP) is 4.01. The van der Waals surface area contributed by atoms with Gasteiger partial charge < -0.3 is 19.2 Å². The van der Waals surface area contributed by atoms with Crippen LogP contribution in [0.5, 0.6) is 11.5 Å². The van der Waals surface area contributed by atoms with Gasteiger partial charge in [-0.1, -0.05) is 24.3 Å². The Balaban J connectivity index is 1.82. The Labute approximate surface area is 152 Å². The Morgan fingerprint density at radius 2 is 1.58 bits per heavy atom. The molecule has 0 aliphatic heterocycles. The minimum atomic E-state index is -0.246. The molecule has 1 atom stereocenters. The number of methoxy groups -OCH3 is 2. The van der Waals surface area contributed by atoms with Gasteiger partial charge in [0.15, 0.2) is 5.76 Å². The van der Waals surface area contributed by atoms with Crippen LogP contribution in [0.15, 0.2) is 71.3 Å². The van der Waals surface area contributed by atoms with Crippen molar-refractivity contribution in [2.45, 2.75) is 12.5 Å². The summed E-state index contributed by atoms with van der Waals surface area (Å²) < 4.78 is 15.6. The minimum Gasteiger partial charge on any atom is -0.497 e. The van der Waals surface area contributed by atoms with Crippen LogP contribution < -0.4 is 14.8 Å². The zero-order chi connectivity index (χ0) is 18.4. The highest BCUT2D eigenvalue weighted by Gasteiger charge is 2.18. The molecule has 134 valence electrons. The summed E-state index contributed by atoms with van der Waals surface area (Å²) in [7, 11) is 3.27. The van der Waals surface area contributed by atoms with Crippen LogP contribution in [-0.2, 0) is 6.42 Å². The maximum atomic E-state index is 12.5. The molecule has 5 nitrogen and oxygen atoms in total. The largest absolute Gasteiger partial charge is 0.497 e. The van der Waals surface area contributed by atoms with Crippen LogP contribution in [0, 0.1) is 0 Å². The lowest BCUT2D eigenvalue weighted by atomic mass is 9.98. The summed E-state index contributed by atoms with van der Waals surface area (Å²) in [5, 5.41) is 3.05. The van der Waals surface area contributed by atoms with Crippen molar-refractivity contribution in [1.82, 2.24) is 5.32 Å². The van der Waals surface area contributed by atoms with E-state index in [2.05, 4.69) is 5.32 Å². The number of rotatable bonds is 7. The van der Waals surface area contributed by atoms with E-state index < -0.39 is 0 Å². The van der Waals surface area contributed by atoms with Crippen LogP contribution in [0.1, 0.15) is 27.7 Å². The lowest BCUT2D eigenvalue weighted by molar-refractivity contribution is 0.0908. The molecule has 0 spiro atoms. The van der Waals surface area contributed by atoms with Gasteiger partial charge in [-0.3, -0.25) is 4.79 Å². The zero-order valence-electron chi connectivity index (χ0n) is 14.8. The van der Waals surface area contributed by atoms with Gasteiger partial charge in [-0.05, 0) is 53.9 Å². The van der Waals surface area contributed by atoms with E-state index in [1.807, 2.05) is 48.5 Å². The van der Waals surface area contributed by atoms with E-state index in [1.54, 1.807) is 26.4 Å². The van der Waals surface area contributed by atoms with Crippen molar-refractivity contribution in [3.8, 4) is 11.5 Å². The molecular formula is C21H21NO4. The summed E-state index contributed by atoms with van der Waals surface area (Å²) in [4.78, 5) is 12.5. The van der Waals surface area contributed by atoms with E-state index in [0.717, 1.165) is 22.6 Å². The minimum absolute atomic E-state index is 0.202. The highest BCUT2D eigenvalue weighted by molar-refractivity contribution is 5.91. The summed E-state index contributed by atoms with van der Waals surface area (Å²) in [6.07, 6.45) is 2.13. The molecular weight excluding hydrogens is 330 g/mol. The first-order chi connectivity index (χ1) is 12.7. The third-order valence-electron chi connectivity index (χ3n) is 4.17. The number of amides is 1. The number of carbonyl (C=O) groups is 1. The fourth-order valence-electron chi connectivity index (χ4n) is 2.72. The summed E-state index contributed by atoms with van der Waals surface area (Å²) in [5.41, 5.74) is 2.08. The van der Waals surface area contributed by atoms with E-state index in [0.29, 0.717) is 12.2 Å². The summed E-state index contributed by atoms with van der Waals surface area (Å²) in [6, 6.07) is 18.6. The quantitative estimate of drug-likeness (QED) is 0.699. The second-order valence-electron chi connectivity index (χ2n) is 5.83. The number of hydrogen-bond donors (Lipinski definition) is 1. The molecule has 0 saturated carbocycles. The predicted molar refractivity (Wildman–Crippen MR) is 98.6 cm³/mol. The van der Waals surface area contributed by atoms with E-state index in [4.69, 9.17) is 13.9 Å². The lowest BCUT2D eigenvalue weighted by Gasteiger charge is -2.19. The Kier molecular flexibility index (Phi) is 5.59. The van der Waals surface area contributed by atoms with Crippen molar-refractivity contribution in [1.29, 1.82) is 0 Å². The highest BCUT2D eigenvalue weighted by Crippen LogP contribution is 2.23. The number of ether oxygens (including phenoxy) is 2. The monoisotopic (exact) mass is 351 g/mol. The first-order valence-electron chi connectivity index (χ1n) is 8.31. The molecule has 0 aliphatic carbocycles. The fraction of sp³-hybridized carbons (Fsp3) is 0.190. The molecule has 0 aliphatic rings. The Morgan fingerprint density at radius 1 is 0.962 bits per heavy atom. The van der Waals surface area contributed by atoms with E-state index in [-0.39, 0.29) is 11.9 Å². The number of furan rings is 1. The van der Waals surface area contributed by atoms with E-state index in [1.165, 1.54) is 6.26 Å². The molecule has 5 heteroatoms. The van der Waals surface area contributed by atoms with Gasteiger partial charge in [0.2, 0.25) is 0 Å². The van der Waals surface area contributed by atoms with Gasteiger partial charge in [0.1, 0.15) is 11.5 Å². The number of carbonyl (C=O) groups excluding carboxylic acids is 1. The van der Waals surface area contributed by atoms with Crippen molar-refractivity contribution in [3.05, 3.63) is 83.8 Å². The fourth-order valence-corrected chi connectivity index (χ4v) is 2.72. The molecule has 0 bridgehead atoms. The first kappa shape index (κ1) is 17.6. The Morgan fingerprint density at radius 3 is 2.12 bits per heavy atom. The molecule has 1 aromatic heterocycles. The van der Waals surface area contributed by atoms with Gasteiger partial charge in [0.25, 0.3) is 5.91 Å². The molecule has 1 N–H and O–H groups in total. The van der Waals surface area contributed by atoms with Crippen molar-refractivity contribution < 1.29 is 18.7 Å². The van der Waals surface area contributed by atoms with Crippen LogP contribution in [-0.4, -0.2) is 20.1 Å². The first-order valence-corrected chi connectivity index (χ1v) is 8.31. The molecule has 3 rings (SSSR count). The van der Waals surface area contributed by atoms with Gasteiger partial charge in [-0.15, -0.1) is 0 Å². The van der Waals surface area contributed by atoms with E-state index in [9.17, 15) is 4.79 Å². The van der Waals surface area contributed by atoms with Gasteiger partial charge in [0.05, 0.1) is 26.5 Å². The molecule has 26 heavy (non-hydrogen) atoms. The van der Waals surface area contributed by atoms with Gasteiger partial charge >= 0.3 is 0 Å². The second-order valence-corrected chi connectivity index (χ2v) is 5.83. The zero-order valence-corrected chi connectivity index (χ0v) is 14.8. The van der Waals surface area contributed by atoms with Crippen molar-refractivity contribution in [2.24, 2.45) is 0 Å². The summed E-state index contributed by atoms with van der Waals surface area (Å²) >= 11 is 0. The molecule has 1 heterocycles. The molecule has 2 aromatic carbocycles. The lowest BCUT2D eigenvalue weighted by Crippen LogP contribution is -2.29. The molecule has 0 fully saturated rings. The molecule has 0 saturated heterocycles. The summed E-state index contributed by atoms with van der Waals surface area (Å²) in [6.45, 7) is 0. The van der Waals surface area contributed by atoms with Crippen LogP contribution >= 0.6 is 0 Å². The number of benzene rings is 2. The van der Waals surface area contributed by atoms with Crippen molar-refractivity contribution in [3.63, 3.8) is 0 Å². The summed E-state index contributed by atoms with van der Waals surface area (Å²) in [5.74, 6) is 1.62. The van der Waals surface area contributed by atoms with Crippen LogP contribution in [0.25, 0.3) is 0 Å².